The molecule has 3 atom stereocenters. The van der Waals surface area contributed by atoms with Crippen LogP contribution in [0.4, 0.5) is 4.79 Å². The highest BCUT2D eigenvalue weighted by Gasteiger charge is 2.42. The number of fused-ring (bicyclic) bond motifs is 2. The molecule has 0 unspecified atom stereocenters. The topological polar surface area (TPSA) is 59.6 Å². The van der Waals surface area contributed by atoms with Gasteiger partial charge in [0, 0.05) is 19.8 Å². The normalized spacial score (nSPS) is 32.7. The third kappa shape index (κ3) is 3.51. The van der Waals surface area contributed by atoms with E-state index < -0.39 is 0 Å². The molecule has 0 aromatic carbocycles. The van der Waals surface area contributed by atoms with Crippen LogP contribution >= 0.6 is 0 Å². The van der Waals surface area contributed by atoms with Gasteiger partial charge in [0.15, 0.2) is 0 Å². The van der Waals surface area contributed by atoms with Gasteiger partial charge in [-0.1, -0.05) is 6.42 Å². The number of amides is 2. The Morgan fingerprint density at radius 3 is 2.81 bits per heavy atom. The first-order chi connectivity index (χ1) is 10.2. The lowest BCUT2D eigenvalue weighted by atomic mass is 9.67. The molecule has 2 heterocycles. The van der Waals surface area contributed by atoms with Crippen LogP contribution in [-0.4, -0.2) is 44.0 Å². The van der Waals surface area contributed by atoms with E-state index in [1.54, 1.807) is 0 Å². The molecule has 21 heavy (non-hydrogen) atoms. The van der Waals surface area contributed by atoms with Gasteiger partial charge in [0.1, 0.15) is 0 Å². The SMILES string of the molecule is CCOCCC1(CNC(=O)N[C@H]2C[C@H]3CC[C@@H]2O3)CCC1. The van der Waals surface area contributed by atoms with Crippen LogP contribution in [0.2, 0.25) is 0 Å². The minimum atomic E-state index is -0.0289. The Morgan fingerprint density at radius 1 is 1.38 bits per heavy atom. The summed E-state index contributed by atoms with van der Waals surface area (Å²) in [5.74, 6) is 0. The smallest absolute Gasteiger partial charge is 0.315 e. The van der Waals surface area contributed by atoms with E-state index in [4.69, 9.17) is 9.47 Å². The average molecular weight is 296 g/mol. The lowest BCUT2D eigenvalue weighted by Gasteiger charge is -2.42. The fourth-order valence-corrected chi connectivity index (χ4v) is 3.90. The molecule has 3 aliphatic rings. The third-order valence-corrected chi connectivity index (χ3v) is 5.44. The van der Waals surface area contributed by atoms with Crippen LogP contribution in [0.1, 0.15) is 51.9 Å². The van der Waals surface area contributed by atoms with Crippen molar-refractivity contribution in [2.45, 2.75) is 70.1 Å². The van der Waals surface area contributed by atoms with E-state index in [0.717, 1.165) is 45.4 Å². The minimum absolute atomic E-state index is 0.0289. The standard InChI is InChI=1S/C16H28N2O3/c1-2-20-9-8-16(6-3-7-16)11-17-15(19)18-13-10-12-4-5-14(13)21-12/h12-14H,2-11H2,1H3,(H2,17,18,19)/t12-,13+,14+/m1/s1. The lowest BCUT2D eigenvalue weighted by Crippen LogP contribution is -2.50. The van der Waals surface area contributed by atoms with Gasteiger partial charge in [-0.05, 0) is 50.9 Å². The molecular weight excluding hydrogens is 268 g/mol. The Morgan fingerprint density at radius 2 is 2.24 bits per heavy atom. The van der Waals surface area contributed by atoms with Gasteiger partial charge >= 0.3 is 6.03 Å². The quantitative estimate of drug-likeness (QED) is 0.708. The van der Waals surface area contributed by atoms with Crippen LogP contribution in [0.15, 0.2) is 0 Å². The Labute approximate surface area is 127 Å². The van der Waals surface area contributed by atoms with Crippen molar-refractivity contribution in [1.82, 2.24) is 10.6 Å². The number of carbonyl (C=O) groups excluding carboxylic acids is 1. The van der Waals surface area contributed by atoms with E-state index in [2.05, 4.69) is 10.6 Å². The van der Waals surface area contributed by atoms with E-state index in [0.29, 0.717) is 6.10 Å². The molecule has 2 aliphatic heterocycles. The molecule has 2 N–H and O–H groups in total. The molecule has 5 heteroatoms. The van der Waals surface area contributed by atoms with Crippen LogP contribution < -0.4 is 10.6 Å². The molecular formula is C16H28N2O3. The molecule has 0 spiro atoms. The monoisotopic (exact) mass is 296 g/mol. The summed E-state index contributed by atoms with van der Waals surface area (Å²) >= 11 is 0. The number of carbonyl (C=O) groups is 1. The van der Waals surface area contributed by atoms with Crippen LogP contribution in [0.3, 0.4) is 0 Å². The van der Waals surface area contributed by atoms with Crippen LogP contribution in [0, 0.1) is 5.41 Å². The van der Waals surface area contributed by atoms with Gasteiger partial charge < -0.3 is 20.1 Å². The van der Waals surface area contributed by atoms with Crippen molar-refractivity contribution in [3.05, 3.63) is 0 Å². The van der Waals surface area contributed by atoms with Gasteiger partial charge in [-0.25, -0.2) is 4.79 Å². The van der Waals surface area contributed by atoms with Crippen molar-refractivity contribution >= 4 is 6.03 Å². The Hall–Kier alpha value is -0.810. The molecule has 2 bridgehead atoms. The van der Waals surface area contributed by atoms with Crippen molar-refractivity contribution in [2.75, 3.05) is 19.8 Å². The number of hydrogen-bond donors (Lipinski definition) is 2. The summed E-state index contributed by atoms with van der Waals surface area (Å²) in [5, 5.41) is 6.17. The maximum atomic E-state index is 12.1. The molecule has 2 amide bonds. The Kier molecular flexibility index (Phi) is 4.69. The number of rotatable bonds is 7. The highest BCUT2D eigenvalue weighted by Crippen LogP contribution is 2.43. The average Bonchev–Trinajstić information content (AvgIpc) is 3.03. The molecule has 0 radical (unpaired) electrons. The van der Waals surface area contributed by atoms with Gasteiger partial charge in [-0.2, -0.15) is 0 Å². The molecule has 5 nitrogen and oxygen atoms in total. The zero-order valence-corrected chi connectivity index (χ0v) is 13.0. The molecule has 3 fully saturated rings. The van der Waals surface area contributed by atoms with Gasteiger partial charge in [0.2, 0.25) is 0 Å². The van der Waals surface area contributed by atoms with Crippen molar-refractivity contribution in [1.29, 1.82) is 0 Å². The van der Waals surface area contributed by atoms with Gasteiger partial charge in [-0.15, -0.1) is 0 Å². The van der Waals surface area contributed by atoms with E-state index in [9.17, 15) is 4.79 Å². The predicted molar refractivity (Wildman–Crippen MR) is 80.2 cm³/mol. The second-order valence-electron chi connectivity index (χ2n) is 6.84. The second-order valence-corrected chi connectivity index (χ2v) is 6.84. The summed E-state index contributed by atoms with van der Waals surface area (Å²) in [6.07, 6.45) is 8.59. The summed E-state index contributed by atoms with van der Waals surface area (Å²) in [7, 11) is 0. The molecule has 1 aliphatic carbocycles. The number of urea groups is 1. The van der Waals surface area contributed by atoms with Crippen molar-refractivity contribution in [3.8, 4) is 0 Å². The molecule has 2 saturated heterocycles. The first kappa shape index (κ1) is 15.1. The fraction of sp³-hybridized carbons (Fsp3) is 0.938. The van der Waals surface area contributed by atoms with E-state index in [-0.39, 0.29) is 23.6 Å². The van der Waals surface area contributed by atoms with Crippen LogP contribution in [-0.2, 0) is 9.47 Å². The molecule has 3 rings (SSSR count). The third-order valence-electron chi connectivity index (χ3n) is 5.44. The first-order valence-electron chi connectivity index (χ1n) is 8.48. The molecule has 1 saturated carbocycles. The second kappa shape index (κ2) is 6.53. The predicted octanol–water partition coefficient (Wildman–Crippen LogP) is 2.20. The van der Waals surface area contributed by atoms with Crippen molar-refractivity contribution in [3.63, 3.8) is 0 Å². The molecule has 0 aromatic rings. The lowest BCUT2D eigenvalue weighted by molar-refractivity contribution is 0.0555. The van der Waals surface area contributed by atoms with E-state index >= 15 is 0 Å². The van der Waals surface area contributed by atoms with E-state index in [1.165, 1.54) is 19.3 Å². The van der Waals surface area contributed by atoms with Crippen molar-refractivity contribution < 1.29 is 14.3 Å². The van der Waals surface area contributed by atoms with Crippen LogP contribution in [0.25, 0.3) is 0 Å². The highest BCUT2D eigenvalue weighted by atomic mass is 16.5. The Bertz CT molecular complexity index is 371. The largest absolute Gasteiger partial charge is 0.382 e. The minimum Gasteiger partial charge on any atom is -0.382 e. The fourth-order valence-electron chi connectivity index (χ4n) is 3.90. The van der Waals surface area contributed by atoms with Gasteiger partial charge in [0.05, 0.1) is 18.2 Å². The zero-order chi connectivity index (χ0) is 14.7. The first-order valence-corrected chi connectivity index (χ1v) is 8.48. The summed E-state index contributed by atoms with van der Waals surface area (Å²) < 4.78 is 11.2. The maximum absolute atomic E-state index is 12.1. The zero-order valence-electron chi connectivity index (χ0n) is 13.0. The molecule has 0 aromatic heterocycles. The van der Waals surface area contributed by atoms with Crippen LogP contribution in [0.5, 0.6) is 0 Å². The van der Waals surface area contributed by atoms with Gasteiger partial charge in [0.25, 0.3) is 0 Å². The number of ether oxygens (including phenoxy) is 2. The summed E-state index contributed by atoms with van der Waals surface area (Å²) in [6, 6.07) is 0.184. The highest BCUT2D eigenvalue weighted by molar-refractivity contribution is 5.74. The molecule has 120 valence electrons. The maximum Gasteiger partial charge on any atom is 0.315 e. The van der Waals surface area contributed by atoms with E-state index in [1.807, 2.05) is 6.92 Å². The number of nitrogens with one attached hydrogen (secondary N) is 2. The van der Waals surface area contributed by atoms with Crippen molar-refractivity contribution in [2.24, 2.45) is 5.41 Å². The van der Waals surface area contributed by atoms with Gasteiger partial charge in [-0.3, -0.25) is 0 Å². The Balaban J connectivity index is 1.38. The summed E-state index contributed by atoms with van der Waals surface area (Å²) in [4.78, 5) is 12.1. The number of hydrogen-bond acceptors (Lipinski definition) is 3. The summed E-state index contributed by atoms with van der Waals surface area (Å²) in [5.41, 5.74) is 0.275. The summed E-state index contributed by atoms with van der Waals surface area (Å²) in [6.45, 7) is 4.37.